The summed E-state index contributed by atoms with van der Waals surface area (Å²) in [5, 5.41) is 2.94. The zero-order valence-corrected chi connectivity index (χ0v) is 14.0. The number of hydrogen-bond acceptors (Lipinski definition) is 3. The summed E-state index contributed by atoms with van der Waals surface area (Å²) in [5.41, 5.74) is 0.410. The molecule has 5 nitrogen and oxygen atoms in total. The SMILES string of the molecule is CN(CC(=O)Nc1ccc(Cl)cc1)S(=O)(=O)c1c(F)cccc1F. The number of nitrogens with zero attached hydrogens (tertiary/aromatic N) is 1. The lowest BCUT2D eigenvalue weighted by atomic mass is 10.3. The highest BCUT2D eigenvalue weighted by molar-refractivity contribution is 7.89. The average molecular weight is 375 g/mol. The van der Waals surface area contributed by atoms with E-state index in [4.69, 9.17) is 11.6 Å². The van der Waals surface area contributed by atoms with Crippen LogP contribution >= 0.6 is 11.6 Å². The second-order valence-electron chi connectivity index (χ2n) is 4.87. The van der Waals surface area contributed by atoms with E-state index >= 15 is 0 Å². The third-order valence-corrected chi connectivity index (χ3v) is 5.19. The minimum absolute atomic E-state index is 0.410. The molecule has 1 amide bonds. The topological polar surface area (TPSA) is 66.5 Å². The number of carbonyl (C=O) groups is 1. The summed E-state index contributed by atoms with van der Waals surface area (Å²) in [7, 11) is -3.43. The van der Waals surface area contributed by atoms with Gasteiger partial charge in [0.05, 0.1) is 6.54 Å². The van der Waals surface area contributed by atoms with Crippen LogP contribution in [0.2, 0.25) is 5.02 Å². The van der Waals surface area contributed by atoms with Gasteiger partial charge in [-0.15, -0.1) is 0 Å². The molecule has 1 N–H and O–H groups in total. The smallest absolute Gasteiger partial charge is 0.249 e. The zero-order valence-electron chi connectivity index (χ0n) is 12.5. The van der Waals surface area contributed by atoms with Crippen molar-refractivity contribution in [1.29, 1.82) is 0 Å². The maximum absolute atomic E-state index is 13.7. The number of rotatable bonds is 5. The summed E-state index contributed by atoms with van der Waals surface area (Å²) >= 11 is 5.72. The molecule has 0 bridgehead atoms. The van der Waals surface area contributed by atoms with E-state index in [2.05, 4.69) is 5.32 Å². The first-order chi connectivity index (χ1) is 11.2. The van der Waals surface area contributed by atoms with E-state index in [-0.39, 0.29) is 0 Å². The van der Waals surface area contributed by atoms with Crippen molar-refractivity contribution in [3.63, 3.8) is 0 Å². The Morgan fingerprint density at radius 1 is 1.12 bits per heavy atom. The number of likely N-dealkylation sites (N-methyl/N-ethyl adjacent to an activating group) is 1. The molecular formula is C15H13ClF2N2O3S. The van der Waals surface area contributed by atoms with Gasteiger partial charge in [0.15, 0.2) is 4.90 Å². The molecule has 0 aliphatic heterocycles. The molecule has 0 spiro atoms. The molecule has 0 aliphatic carbocycles. The number of anilines is 1. The van der Waals surface area contributed by atoms with E-state index in [1.54, 1.807) is 12.1 Å². The van der Waals surface area contributed by atoms with Crippen LogP contribution in [0.3, 0.4) is 0 Å². The van der Waals surface area contributed by atoms with Crippen molar-refractivity contribution >= 4 is 33.2 Å². The first kappa shape index (κ1) is 18.3. The van der Waals surface area contributed by atoms with Gasteiger partial charge in [0.25, 0.3) is 0 Å². The van der Waals surface area contributed by atoms with Crippen LogP contribution in [0.4, 0.5) is 14.5 Å². The Morgan fingerprint density at radius 2 is 1.67 bits per heavy atom. The van der Waals surface area contributed by atoms with Crippen molar-refractivity contribution in [3.05, 3.63) is 59.1 Å². The number of benzene rings is 2. The molecule has 0 aliphatic rings. The van der Waals surface area contributed by atoms with Gasteiger partial charge in [-0.05, 0) is 36.4 Å². The van der Waals surface area contributed by atoms with Crippen LogP contribution in [0.15, 0.2) is 47.4 Å². The number of nitrogens with one attached hydrogen (secondary N) is 1. The fourth-order valence-electron chi connectivity index (χ4n) is 1.91. The summed E-state index contributed by atoms with van der Waals surface area (Å²) in [6.45, 7) is -0.612. The normalized spacial score (nSPS) is 11.5. The van der Waals surface area contributed by atoms with Crippen molar-refractivity contribution in [2.75, 3.05) is 18.9 Å². The summed E-state index contributed by atoms with van der Waals surface area (Å²) in [4.78, 5) is 10.8. The van der Waals surface area contributed by atoms with Crippen molar-refractivity contribution in [1.82, 2.24) is 4.31 Å². The minimum Gasteiger partial charge on any atom is -0.325 e. The van der Waals surface area contributed by atoms with E-state index in [1.165, 1.54) is 12.1 Å². The van der Waals surface area contributed by atoms with E-state index < -0.39 is 39.0 Å². The molecule has 2 rings (SSSR count). The fraction of sp³-hybridized carbons (Fsp3) is 0.133. The third kappa shape index (κ3) is 4.08. The Kier molecular flexibility index (Phi) is 5.53. The predicted octanol–water partition coefficient (Wildman–Crippen LogP) is 2.88. The molecule has 9 heteroatoms. The van der Waals surface area contributed by atoms with E-state index in [1.807, 2.05) is 0 Å². The first-order valence-electron chi connectivity index (χ1n) is 6.67. The van der Waals surface area contributed by atoms with Crippen LogP contribution in [0.1, 0.15) is 0 Å². The fourth-order valence-corrected chi connectivity index (χ4v) is 3.26. The van der Waals surface area contributed by atoms with Crippen LogP contribution in [-0.2, 0) is 14.8 Å². The number of carbonyl (C=O) groups excluding carboxylic acids is 1. The maximum Gasteiger partial charge on any atom is 0.249 e. The molecule has 0 heterocycles. The van der Waals surface area contributed by atoms with Gasteiger partial charge >= 0.3 is 0 Å². The van der Waals surface area contributed by atoms with Crippen molar-refractivity contribution in [2.45, 2.75) is 4.90 Å². The summed E-state index contributed by atoms with van der Waals surface area (Å²) in [6, 6.07) is 8.88. The summed E-state index contributed by atoms with van der Waals surface area (Å²) < 4.78 is 52.4. The molecule has 0 unspecified atom stereocenters. The maximum atomic E-state index is 13.7. The molecule has 0 saturated carbocycles. The molecule has 0 aromatic heterocycles. The second kappa shape index (κ2) is 7.25. The van der Waals surface area contributed by atoms with Gasteiger partial charge in [0.1, 0.15) is 11.6 Å². The Labute approximate surface area is 142 Å². The van der Waals surface area contributed by atoms with Gasteiger partial charge in [-0.25, -0.2) is 17.2 Å². The van der Waals surface area contributed by atoms with Crippen LogP contribution in [-0.4, -0.2) is 32.2 Å². The van der Waals surface area contributed by atoms with Crippen LogP contribution in [0.25, 0.3) is 0 Å². The van der Waals surface area contributed by atoms with Crippen molar-refractivity contribution < 1.29 is 22.0 Å². The molecular weight excluding hydrogens is 362 g/mol. The highest BCUT2D eigenvalue weighted by atomic mass is 35.5. The van der Waals surface area contributed by atoms with Gasteiger partial charge in [-0.3, -0.25) is 4.79 Å². The largest absolute Gasteiger partial charge is 0.325 e. The average Bonchev–Trinajstić information content (AvgIpc) is 2.49. The Morgan fingerprint density at radius 3 is 2.21 bits per heavy atom. The molecule has 128 valence electrons. The molecule has 0 radical (unpaired) electrons. The number of halogens is 3. The number of hydrogen-bond donors (Lipinski definition) is 1. The molecule has 2 aromatic rings. The van der Waals surface area contributed by atoms with Gasteiger partial charge in [-0.2, -0.15) is 4.31 Å². The predicted molar refractivity (Wildman–Crippen MR) is 86.3 cm³/mol. The Hall–Kier alpha value is -2.03. The zero-order chi connectivity index (χ0) is 17.9. The number of amides is 1. The van der Waals surface area contributed by atoms with Crippen molar-refractivity contribution in [3.8, 4) is 0 Å². The van der Waals surface area contributed by atoms with E-state index in [0.717, 1.165) is 25.2 Å². The summed E-state index contributed by atoms with van der Waals surface area (Å²) in [6.07, 6.45) is 0. The lowest BCUT2D eigenvalue weighted by Crippen LogP contribution is -2.35. The molecule has 0 atom stereocenters. The third-order valence-electron chi connectivity index (χ3n) is 3.08. The van der Waals surface area contributed by atoms with Gasteiger partial charge < -0.3 is 5.32 Å². The lowest BCUT2D eigenvalue weighted by Gasteiger charge is -2.17. The van der Waals surface area contributed by atoms with Gasteiger partial charge in [-0.1, -0.05) is 17.7 Å². The molecule has 0 saturated heterocycles. The second-order valence-corrected chi connectivity index (χ2v) is 7.29. The van der Waals surface area contributed by atoms with E-state index in [9.17, 15) is 22.0 Å². The van der Waals surface area contributed by atoms with Gasteiger partial charge in [0, 0.05) is 17.8 Å². The Balaban J connectivity index is 2.14. The minimum atomic E-state index is -4.49. The van der Waals surface area contributed by atoms with Gasteiger partial charge in [0.2, 0.25) is 15.9 Å². The Bertz CT molecular complexity index is 837. The highest BCUT2D eigenvalue weighted by Crippen LogP contribution is 2.21. The lowest BCUT2D eigenvalue weighted by molar-refractivity contribution is -0.116. The molecule has 24 heavy (non-hydrogen) atoms. The summed E-state index contributed by atoms with van der Waals surface area (Å²) in [5.74, 6) is -3.11. The van der Waals surface area contributed by atoms with Crippen LogP contribution in [0, 0.1) is 11.6 Å². The monoisotopic (exact) mass is 374 g/mol. The molecule has 0 fully saturated rings. The van der Waals surface area contributed by atoms with Crippen LogP contribution < -0.4 is 5.32 Å². The quantitative estimate of drug-likeness (QED) is 0.875. The van der Waals surface area contributed by atoms with Crippen molar-refractivity contribution in [2.24, 2.45) is 0 Å². The molecule has 2 aromatic carbocycles. The number of sulfonamides is 1. The first-order valence-corrected chi connectivity index (χ1v) is 8.49. The standard InChI is InChI=1S/C15H13ClF2N2O3S/c1-20(9-14(21)19-11-7-5-10(16)6-8-11)24(22,23)15-12(17)3-2-4-13(15)18/h2-8H,9H2,1H3,(H,19,21). The van der Waals surface area contributed by atoms with E-state index in [0.29, 0.717) is 15.0 Å². The highest BCUT2D eigenvalue weighted by Gasteiger charge is 2.29. The van der Waals surface area contributed by atoms with Crippen LogP contribution in [0.5, 0.6) is 0 Å².